The van der Waals surface area contributed by atoms with E-state index in [0.717, 1.165) is 28.6 Å². The fraction of sp³-hybridized carbons (Fsp3) is 0.312. The third kappa shape index (κ3) is 13.5. The zero-order valence-electron chi connectivity index (χ0n) is 26.4. The van der Waals surface area contributed by atoms with Gasteiger partial charge in [-0.1, -0.05) is 54.6 Å². The van der Waals surface area contributed by atoms with E-state index in [9.17, 15) is 42.3 Å². The first-order valence-corrected chi connectivity index (χ1v) is 16.9. The zero-order valence-corrected chi connectivity index (χ0v) is 27.2. The summed E-state index contributed by atoms with van der Waals surface area (Å²) in [5.41, 5.74) is 2.13. The van der Waals surface area contributed by atoms with Crippen molar-refractivity contribution in [2.45, 2.75) is 50.4 Å². The molecule has 0 unspecified atom stereocenters. The molecule has 0 saturated heterocycles. The van der Waals surface area contributed by atoms with Crippen molar-refractivity contribution < 1.29 is 52.1 Å². The van der Waals surface area contributed by atoms with E-state index in [0.29, 0.717) is 11.1 Å². The number of aliphatic carboxylic acids is 2. The number of hydrogen-bond acceptors (Lipinski definition) is 9. The molecule has 0 spiro atoms. The molecule has 49 heavy (non-hydrogen) atoms. The number of carbonyl (C=O) groups excluding carboxylic acids is 4. The van der Waals surface area contributed by atoms with Crippen LogP contribution in [0.3, 0.4) is 0 Å². The van der Waals surface area contributed by atoms with Crippen molar-refractivity contribution in [3.8, 4) is 0 Å². The van der Waals surface area contributed by atoms with Gasteiger partial charge in [0.25, 0.3) is 0 Å². The van der Waals surface area contributed by atoms with Gasteiger partial charge in [0, 0.05) is 41.6 Å². The maximum atomic E-state index is 13.6. The summed E-state index contributed by atoms with van der Waals surface area (Å²) in [6, 6.07) is 12.1. The molecule has 0 saturated carbocycles. The van der Waals surface area contributed by atoms with Crippen molar-refractivity contribution in [2.24, 2.45) is 0 Å². The highest BCUT2D eigenvalue weighted by molar-refractivity contribution is 7.93. The molecule has 16 nitrogen and oxygen atoms in total. The summed E-state index contributed by atoms with van der Waals surface area (Å²) in [6.07, 6.45) is 0.978. The number of sulfone groups is 1. The van der Waals surface area contributed by atoms with E-state index in [1.165, 1.54) is 0 Å². The highest BCUT2D eigenvalue weighted by Gasteiger charge is 2.29. The van der Waals surface area contributed by atoms with Gasteiger partial charge < -0.3 is 41.2 Å². The van der Waals surface area contributed by atoms with Crippen LogP contribution in [-0.2, 0) is 51.6 Å². The minimum absolute atomic E-state index is 0.0437. The fourth-order valence-corrected chi connectivity index (χ4v) is 5.06. The Morgan fingerprint density at radius 1 is 0.878 bits per heavy atom. The predicted octanol–water partition coefficient (Wildman–Crippen LogP) is 0.989. The summed E-state index contributed by atoms with van der Waals surface area (Å²) < 4.78 is 28.1. The number of carboxylic acids is 2. The van der Waals surface area contributed by atoms with Gasteiger partial charge in [0.1, 0.15) is 18.7 Å². The highest BCUT2D eigenvalue weighted by Crippen LogP contribution is 2.19. The van der Waals surface area contributed by atoms with E-state index < -0.39 is 83.1 Å². The number of nitrogens with one attached hydrogen (secondary N) is 5. The maximum absolute atomic E-state index is 13.6. The second-order valence-electron chi connectivity index (χ2n) is 11.0. The van der Waals surface area contributed by atoms with Gasteiger partial charge in [-0.15, -0.1) is 0 Å². The van der Waals surface area contributed by atoms with Crippen molar-refractivity contribution >= 4 is 56.5 Å². The summed E-state index contributed by atoms with van der Waals surface area (Å²) in [5.74, 6) is -5.27. The van der Waals surface area contributed by atoms with Gasteiger partial charge in [-0.25, -0.2) is 13.2 Å². The molecule has 7 N–H and O–H groups in total. The number of H-pyrrole nitrogens is 1. The molecule has 0 radical (unpaired) electrons. The van der Waals surface area contributed by atoms with Crippen molar-refractivity contribution in [1.82, 2.24) is 26.3 Å². The van der Waals surface area contributed by atoms with Crippen LogP contribution >= 0.6 is 0 Å². The number of amides is 4. The number of fused-ring (bicyclic) bond motifs is 1. The molecule has 0 bridgehead atoms. The summed E-state index contributed by atoms with van der Waals surface area (Å²) in [5, 5.41) is 29.4. The first-order chi connectivity index (χ1) is 23.2. The van der Waals surface area contributed by atoms with Crippen molar-refractivity contribution in [1.29, 1.82) is 0 Å². The van der Waals surface area contributed by atoms with Crippen LogP contribution in [0.25, 0.3) is 10.9 Å². The van der Waals surface area contributed by atoms with Crippen LogP contribution < -0.4 is 21.3 Å². The standard InChI is InChI=1S/C32H37N5O11S/c1-49(46,47)14-13-22(16-29(41)42)35-27(38)18-34-30(43)25(11-12-28(39)40)36-31(44)26(15-21-17-33-24-10-6-5-9-23(21)24)37-32(45)48-19-20-7-3-2-4-8-20/h2-10,13-14,17,22,25-26,33H,11-12,15-16,18-19H2,1H3,(H,34,43)(H,35,38)(H,36,44)(H,37,45)(H,39,40)(H,41,42)/b14-13+/t22-,25+,26+/m1/s1. The number of alkyl carbamates (subject to hydrolysis) is 1. The van der Waals surface area contributed by atoms with Crippen molar-refractivity contribution in [2.75, 3.05) is 12.8 Å². The van der Waals surface area contributed by atoms with Gasteiger partial charge in [-0.05, 0) is 23.6 Å². The summed E-state index contributed by atoms with van der Waals surface area (Å²) in [6.45, 7) is -0.804. The van der Waals surface area contributed by atoms with E-state index in [1.807, 2.05) is 18.2 Å². The van der Waals surface area contributed by atoms with Crippen molar-refractivity contribution in [3.63, 3.8) is 0 Å². The summed E-state index contributed by atoms with van der Waals surface area (Å²) in [7, 11) is -3.63. The molecule has 1 heterocycles. The Balaban J connectivity index is 1.74. The molecular formula is C32H37N5O11S. The molecule has 4 amide bonds. The van der Waals surface area contributed by atoms with Crippen LogP contribution in [0.2, 0.25) is 0 Å². The van der Waals surface area contributed by atoms with E-state index in [-0.39, 0.29) is 19.4 Å². The number of carboxylic acid groups (broad SMARTS) is 2. The number of aromatic nitrogens is 1. The van der Waals surface area contributed by atoms with Crippen LogP contribution in [0.4, 0.5) is 4.79 Å². The SMILES string of the molecule is CS(=O)(=O)/C=C/[C@H](CC(=O)O)NC(=O)CNC(=O)[C@H](CCC(=O)O)NC(=O)[C@H](Cc1c[nH]c2ccccc12)NC(=O)OCc1ccccc1. The largest absolute Gasteiger partial charge is 0.481 e. The van der Waals surface area contributed by atoms with E-state index in [2.05, 4.69) is 26.3 Å². The monoisotopic (exact) mass is 699 g/mol. The van der Waals surface area contributed by atoms with E-state index in [4.69, 9.17) is 9.84 Å². The van der Waals surface area contributed by atoms with Crippen LogP contribution in [0, 0.1) is 0 Å². The van der Waals surface area contributed by atoms with Gasteiger partial charge in [-0.2, -0.15) is 0 Å². The Labute approximate surface area is 281 Å². The quantitative estimate of drug-likeness (QED) is 0.0986. The third-order valence-corrected chi connectivity index (χ3v) is 7.57. The average molecular weight is 700 g/mol. The summed E-state index contributed by atoms with van der Waals surface area (Å²) >= 11 is 0. The zero-order chi connectivity index (χ0) is 36.0. The van der Waals surface area contributed by atoms with Crippen LogP contribution in [0.1, 0.15) is 30.4 Å². The first-order valence-electron chi connectivity index (χ1n) is 14.9. The Kier molecular flexibility index (Phi) is 13.9. The molecule has 262 valence electrons. The Morgan fingerprint density at radius 2 is 1.57 bits per heavy atom. The average Bonchev–Trinajstić information content (AvgIpc) is 3.45. The van der Waals surface area contributed by atoms with Gasteiger partial charge in [0.2, 0.25) is 17.7 Å². The van der Waals surface area contributed by atoms with E-state index >= 15 is 0 Å². The summed E-state index contributed by atoms with van der Waals surface area (Å²) in [4.78, 5) is 77.6. The maximum Gasteiger partial charge on any atom is 0.408 e. The minimum Gasteiger partial charge on any atom is -0.481 e. The lowest BCUT2D eigenvalue weighted by atomic mass is 10.0. The lowest BCUT2D eigenvalue weighted by molar-refractivity contribution is -0.139. The highest BCUT2D eigenvalue weighted by atomic mass is 32.2. The number of ether oxygens (including phenoxy) is 1. The lowest BCUT2D eigenvalue weighted by Crippen LogP contribution is -2.55. The Bertz CT molecular complexity index is 1790. The third-order valence-electron chi connectivity index (χ3n) is 6.92. The number of aromatic amines is 1. The number of carbonyl (C=O) groups is 6. The predicted molar refractivity (Wildman–Crippen MR) is 176 cm³/mol. The van der Waals surface area contributed by atoms with Gasteiger partial charge in [-0.3, -0.25) is 24.0 Å². The number of para-hydroxylation sites is 1. The number of rotatable bonds is 18. The fourth-order valence-electron chi connectivity index (χ4n) is 4.59. The second-order valence-corrected chi connectivity index (χ2v) is 12.9. The van der Waals surface area contributed by atoms with Gasteiger partial charge in [0.05, 0.1) is 19.0 Å². The molecule has 3 atom stereocenters. The van der Waals surface area contributed by atoms with Crippen LogP contribution in [0.5, 0.6) is 0 Å². The normalized spacial score (nSPS) is 13.2. The molecule has 17 heteroatoms. The second kappa shape index (κ2) is 18.0. The van der Waals surface area contributed by atoms with Crippen LogP contribution in [0.15, 0.2) is 72.3 Å². The van der Waals surface area contributed by atoms with Gasteiger partial charge >= 0.3 is 18.0 Å². The molecule has 0 aliphatic carbocycles. The molecule has 3 rings (SSSR count). The first kappa shape index (κ1) is 37.7. The van der Waals surface area contributed by atoms with Crippen molar-refractivity contribution in [3.05, 3.63) is 83.4 Å². The topological polar surface area (TPSA) is 250 Å². The van der Waals surface area contributed by atoms with E-state index in [1.54, 1.807) is 42.6 Å². The molecule has 0 fully saturated rings. The number of hydrogen-bond donors (Lipinski definition) is 7. The number of benzene rings is 2. The molecular weight excluding hydrogens is 662 g/mol. The molecule has 3 aromatic rings. The van der Waals surface area contributed by atoms with Crippen LogP contribution in [-0.4, -0.2) is 90.3 Å². The molecule has 1 aromatic heterocycles. The smallest absolute Gasteiger partial charge is 0.408 e. The van der Waals surface area contributed by atoms with Gasteiger partial charge in [0.15, 0.2) is 9.84 Å². The lowest BCUT2D eigenvalue weighted by Gasteiger charge is -2.23. The molecule has 0 aliphatic heterocycles. The Hall–Kier alpha value is -5.71. The molecule has 0 aliphatic rings. The minimum atomic E-state index is -3.63. The Morgan fingerprint density at radius 3 is 2.24 bits per heavy atom. The molecule has 2 aromatic carbocycles.